The molecule has 0 radical (unpaired) electrons. The maximum atomic E-state index is 11.9. The SMILES string of the molecule is CC(C)(C)OC(=O)NCC1CCCCN1CC(=O)NCCC#N. The van der Waals surface area contributed by atoms with Gasteiger partial charge in [-0.1, -0.05) is 6.42 Å². The maximum Gasteiger partial charge on any atom is 0.407 e. The Morgan fingerprint density at radius 2 is 2.04 bits per heavy atom. The first-order chi connectivity index (χ1) is 10.8. The monoisotopic (exact) mass is 324 g/mol. The van der Waals surface area contributed by atoms with Gasteiger partial charge in [-0.15, -0.1) is 0 Å². The Hall–Kier alpha value is -1.81. The highest BCUT2D eigenvalue weighted by molar-refractivity contribution is 5.78. The van der Waals surface area contributed by atoms with Crippen LogP contribution in [0.25, 0.3) is 0 Å². The average molecular weight is 324 g/mol. The number of nitrogens with one attached hydrogen (secondary N) is 2. The van der Waals surface area contributed by atoms with E-state index in [1.807, 2.05) is 26.8 Å². The third-order valence-electron chi connectivity index (χ3n) is 3.54. The van der Waals surface area contributed by atoms with Gasteiger partial charge in [0.05, 0.1) is 19.0 Å². The van der Waals surface area contributed by atoms with E-state index in [0.29, 0.717) is 26.1 Å². The standard InChI is InChI=1S/C16H28N4O3/c1-16(2,3)23-15(22)19-11-13-7-4-5-10-20(13)12-14(21)18-9-6-8-17/h13H,4-7,9-12H2,1-3H3,(H,18,21)(H,19,22). The van der Waals surface area contributed by atoms with E-state index in [1.165, 1.54) is 0 Å². The molecule has 1 atom stereocenters. The molecule has 1 rings (SSSR count). The van der Waals surface area contributed by atoms with Crippen LogP contribution in [0.4, 0.5) is 4.79 Å². The molecule has 0 aromatic carbocycles. The molecule has 1 aliphatic rings. The van der Waals surface area contributed by atoms with Gasteiger partial charge in [0.25, 0.3) is 0 Å². The highest BCUT2D eigenvalue weighted by Gasteiger charge is 2.25. The lowest BCUT2D eigenvalue weighted by Gasteiger charge is -2.35. The number of carbonyl (C=O) groups excluding carboxylic acids is 2. The summed E-state index contributed by atoms with van der Waals surface area (Å²) in [5.41, 5.74) is -0.517. The quantitative estimate of drug-likeness (QED) is 0.720. The zero-order chi connectivity index (χ0) is 17.3. The molecule has 23 heavy (non-hydrogen) atoms. The van der Waals surface area contributed by atoms with Crippen molar-refractivity contribution in [2.75, 3.05) is 26.2 Å². The van der Waals surface area contributed by atoms with Crippen LogP contribution in [0.2, 0.25) is 0 Å². The van der Waals surface area contributed by atoms with Crippen LogP contribution in [-0.4, -0.2) is 54.7 Å². The van der Waals surface area contributed by atoms with Crippen molar-refractivity contribution in [2.45, 2.75) is 58.1 Å². The van der Waals surface area contributed by atoms with E-state index in [2.05, 4.69) is 15.5 Å². The number of nitrogens with zero attached hydrogens (tertiary/aromatic N) is 2. The molecule has 0 spiro atoms. The Labute approximate surface area is 138 Å². The van der Waals surface area contributed by atoms with Crippen molar-refractivity contribution in [3.8, 4) is 6.07 Å². The predicted octanol–water partition coefficient (Wildman–Crippen LogP) is 1.40. The Balaban J connectivity index is 2.40. The van der Waals surface area contributed by atoms with Crippen LogP contribution in [-0.2, 0) is 9.53 Å². The molecule has 1 fully saturated rings. The van der Waals surface area contributed by atoms with Gasteiger partial charge in [-0.2, -0.15) is 5.26 Å². The fourth-order valence-electron chi connectivity index (χ4n) is 2.51. The molecule has 0 aromatic heterocycles. The molecule has 0 saturated carbocycles. The highest BCUT2D eigenvalue weighted by atomic mass is 16.6. The molecule has 2 amide bonds. The Kier molecular flexibility index (Phi) is 7.83. The Morgan fingerprint density at radius 1 is 1.30 bits per heavy atom. The van der Waals surface area contributed by atoms with Gasteiger partial charge < -0.3 is 15.4 Å². The van der Waals surface area contributed by atoms with Crippen LogP contribution in [0.5, 0.6) is 0 Å². The molecule has 0 aliphatic carbocycles. The van der Waals surface area contributed by atoms with Crippen molar-refractivity contribution in [2.24, 2.45) is 0 Å². The first-order valence-electron chi connectivity index (χ1n) is 8.16. The van der Waals surface area contributed by atoms with Gasteiger partial charge in [-0.25, -0.2) is 4.79 Å². The minimum absolute atomic E-state index is 0.0792. The van der Waals surface area contributed by atoms with Crippen LogP contribution < -0.4 is 10.6 Å². The molecule has 1 aliphatic heterocycles. The van der Waals surface area contributed by atoms with Crippen LogP contribution >= 0.6 is 0 Å². The number of rotatable bonds is 6. The second-order valence-corrected chi connectivity index (χ2v) is 6.76. The summed E-state index contributed by atoms with van der Waals surface area (Å²) in [6.45, 7) is 7.46. The van der Waals surface area contributed by atoms with Gasteiger partial charge in [-0.3, -0.25) is 9.69 Å². The molecule has 1 saturated heterocycles. The Morgan fingerprint density at radius 3 is 2.70 bits per heavy atom. The zero-order valence-electron chi connectivity index (χ0n) is 14.4. The summed E-state index contributed by atoms with van der Waals surface area (Å²) in [5.74, 6) is -0.0792. The summed E-state index contributed by atoms with van der Waals surface area (Å²) in [6.07, 6.45) is 2.97. The molecular formula is C16H28N4O3. The second-order valence-electron chi connectivity index (χ2n) is 6.76. The van der Waals surface area contributed by atoms with Crippen LogP contribution in [0, 0.1) is 11.3 Å². The van der Waals surface area contributed by atoms with Crippen molar-refractivity contribution < 1.29 is 14.3 Å². The molecule has 0 bridgehead atoms. The van der Waals surface area contributed by atoms with Crippen molar-refractivity contribution >= 4 is 12.0 Å². The van der Waals surface area contributed by atoms with E-state index in [4.69, 9.17) is 10.00 Å². The first kappa shape index (κ1) is 19.2. The van der Waals surface area contributed by atoms with Crippen molar-refractivity contribution in [3.05, 3.63) is 0 Å². The van der Waals surface area contributed by atoms with Crippen LogP contribution in [0.3, 0.4) is 0 Å². The van der Waals surface area contributed by atoms with Gasteiger partial charge in [0.1, 0.15) is 5.60 Å². The molecule has 7 heteroatoms. The van der Waals surface area contributed by atoms with E-state index in [1.54, 1.807) is 0 Å². The molecule has 0 aromatic rings. The van der Waals surface area contributed by atoms with Crippen LogP contribution in [0.15, 0.2) is 0 Å². The number of amides is 2. The Bertz CT molecular complexity index is 440. The lowest BCUT2D eigenvalue weighted by Crippen LogP contribution is -2.50. The highest BCUT2D eigenvalue weighted by Crippen LogP contribution is 2.16. The predicted molar refractivity (Wildman–Crippen MR) is 86.7 cm³/mol. The second kappa shape index (κ2) is 9.36. The third kappa shape index (κ3) is 8.41. The fourth-order valence-corrected chi connectivity index (χ4v) is 2.51. The molecule has 1 unspecified atom stereocenters. The van der Waals surface area contributed by atoms with Crippen molar-refractivity contribution in [3.63, 3.8) is 0 Å². The minimum Gasteiger partial charge on any atom is -0.444 e. The number of hydrogen-bond donors (Lipinski definition) is 2. The molecule has 1 heterocycles. The number of carbonyl (C=O) groups is 2. The first-order valence-corrected chi connectivity index (χ1v) is 8.16. The lowest BCUT2D eigenvalue weighted by molar-refractivity contribution is -0.123. The summed E-state index contributed by atoms with van der Waals surface area (Å²) in [5, 5.41) is 14.0. The van der Waals surface area contributed by atoms with Gasteiger partial charge in [0.15, 0.2) is 0 Å². The normalized spacial score (nSPS) is 18.8. The number of ether oxygens (including phenoxy) is 1. The van der Waals surface area contributed by atoms with E-state index in [9.17, 15) is 9.59 Å². The number of piperidine rings is 1. The maximum absolute atomic E-state index is 11.9. The smallest absolute Gasteiger partial charge is 0.407 e. The summed E-state index contributed by atoms with van der Waals surface area (Å²) >= 11 is 0. The number of nitriles is 1. The number of hydrogen-bond acceptors (Lipinski definition) is 5. The van der Waals surface area contributed by atoms with E-state index < -0.39 is 11.7 Å². The van der Waals surface area contributed by atoms with E-state index >= 15 is 0 Å². The minimum atomic E-state index is -0.517. The van der Waals surface area contributed by atoms with Crippen molar-refractivity contribution in [1.29, 1.82) is 5.26 Å². The van der Waals surface area contributed by atoms with E-state index in [-0.39, 0.29) is 11.9 Å². The summed E-state index contributed by atoms with van der Waals surface area (Å²) in [4.78, 5) is 25.7. The molecular weight excluding hydrogens is 296 g/mol. The fraction of sp³-hybridized carbons (Fsp3) is 0.812. The number of likely N-dealkylation sites (tertiary alicyclic amines) is 1. The summed E-state index contributed by atoms with van der Waals surface area (Å²) in [6, 6.07) is 2.13. The van der Waals surface area contributed by atoms with Crippen molar-refractivity contribution in [1.82, 2.24) is 15.5 Å². The zero-order valence-corrected chi connectivity index (χ0v) is 14.4. The summed E-state index contributed by atoms with van der Waals surface area (Å²) < 4.78 is 5.23. The topological polar surface area (TPSA) is 94.5 Å². The lowest BCUT2D eigenvalue weighted by atomic mass is 10.0. The van der Waals surface area contributed by atoms with Gasteiger partial charge in [0.2, 0.25) is 5.91 Å². The number of alkyl carbamates (subject to hydrolysis) is 1. The molecule has 7 nitrogen and oxygen atoms in total. The third-order valence-corrected chi connectivity index (χ3v) is 3.54. The van der Waals surface area contributed by atoms with Gasteiger partial charge in [0, 0.05) is 19.1 Å². The largest absolute Gasteiger partial charge is 0.444 e. The molecule has 2 N–H and O–H groups in total. The molecule has 130 valence electrons. The summed E-state index contributed by atoms with van der Waals surface area (Å²) in [7, 11) is 0. The van der Waals surface area contributed by atoms with E-state index in [0.717, 1.165) is 25.8 Å². The van der Waals surface area contributed by atoms with Gasteiger partial charge >= 0.3 is 6.09 Å². The van der Waals surface area contributed by atoms with Gasteiger partial charge in [-0.05, 0) is 40.2 Å². The van der Waals surface area contributed by atoms with Crippen LogP contribution in [0.1, 0.15) is 46.5 Å². The average Bonchev–Trinajstić information content (AvgIpc) is 2.45.